The van der Waals surface area contributed by atoms with Crippen molar-refractivity contribution in [3.63, 3.8) is 0 Å². The first kappa shape index (κ1) is 12.7. The third-order valence-corrected chi connectivity index (χ3v) is 3.52. The van der Waals surface area contributed by atoms with Gasteiger partial charge in [-0.1, -0.05) is 5.16 Å². The molecule has 2 atom stereocenters. The number of nitrogens with zero attached hydrogens (tertiary/aromatic N) is 2. The van der Waals surface area contributed by atoms with Gasteiger partial charge in [-0.3, -0.25) is 0 Å². The van der Waals surface area contributed by atoms with Crippen molar-refractivity contribution >= 4 is 26.6 Å². The minimum Gasteiger partial charge on any atom is -0.444 e. The lowest BCUT2D eigenvalue weighted by molar-refractivity contribution is -0.00942. The number of fused-ring (bicyclic) bond motifs is 1. The molecule has 0 saturated carbocycles. The zero-order valence-corrected chi connectivity index (χ0v) is 11.9. The van der Waals surface area contributed by atoms with Crippen molar-refractivity contribution in [2.75, 3.05) is 13.1 Å². The smallest absolute Gasteiger partial charge is 0.410 e. The van der Waals surface area contributed by atoms with Gasteiger partial charge in [0.05, 0.1) is 5.92 Å². The van der Waals surface area contributed by atoms with Crippen LogP contribution in [-0.4, -0.2) is 40.4 Å². The Labute approximate surface area is 109 Å². The number of hydrogen-bond donors (Lipinski definition) is 0. The van der Waals surface area contributed by atoms with Gasteiger partial charge in [-0.05, 0) is 36.7 Å². The molecule has 0 unspecified atom stereocenters. The fraction of sp³-hybridized carbons (Fsp3) is 0.818. The summed E-state index contributed by atoms with van der Waals surface area (Å²) in [4.78, 5) is 18.9. The van der Waals surface area contributed by atoms with Gasteiger partial charge in [-0.2, -0.15) is 0 Å². The zero-order chi connectivity index (χ0) is 12.6. The summed E-state index contributed by atoms with van der Waals surface area (Å²) in [5.74, 6) is 0.149. The summed E-state index contributed by atoms with van der Waals surface area (Å²) in [5.41, 5.74) is -0.453. The fourth-order valence-electron chi connectivity index (χ4n) is 1.96. The predicted molar refractivity (Wildman–Crippen MR) is 67.1 cm³/mol. The lowest BCUT2D eigenvalue weighted by Gasteiger charge is -2.34. The van der Waals surface area contributed by atoms with Gasteiger partial charge in [-0.25, -0.2) is 4.79 Å². The highest BCUT2D eigenvalue weighted by atomic mass is 79.9. The van der Waals surface area contributed by atoms with E-state index in [-0.39, 0.29) is 18.1 Å². The van der Waals surface area contributed by atoms with Crippen LogP contribution < -0.4 is 0 Å². The zero-order valence-electron chi connectivity index (χ0n) is 10.3. The molecule has 6 heteroatoms. The van der Waals surface area contributed by atoms with E-state index in [0.29, 0.717) is 13.1 Å². The Balaban J connectivity index is 1.95. The molecule has 17 heavy (non-hydrogen) atoms. The van der Waals surface area contributed by atoms with Gasteiger partial charge in [0.25, 0.3) is 0 Å². The molecule has 0 bridgehead atoms. The molecule has 1 fully saturated rings. The molecule has 2 aliphatic heterocycles. The van der Waals surface area contributed by atoms with Crippen LogP contribution in [0.25, 0.3) is 0 Å². The summed E-state index contributed by atoms with van der Waals surface area (Å²) in [6.07, 6.45) is 0.633. The molecule has 2 heterocycles. The molecule has 0 spiro atoms. The summed E-state index contributed by atoms with van der Waals surface area (Å²) in [5, 5.41) is 3.90. The van der Waals surface area contributed by atoms with E-state index in [4.69, 9.17) is 9.57 Å². The van der Waals surface area contributed by atoms with Crippen molar-refractivity contribution in [2.24, 2.45) is 11.1 Å². The molecule has 0 aromatic rings. The standard InChI is InChI=1S/C11H17BrN2O3/c1-11(2,3)16-10(15)14-5-4-8-7(6-14)9(12)13-17-8/h7-8H,4-6H2,1-3H3/t7-,8+/m1/s1. The third-order valence-electron chi connectivity index (χ3n) is 2.78. The molecule has 0 aromatic carbocycles. The number of ether oxygens (including phenoxy) is 1. The van der Waals surface area contributed by atoms with Crippen LogP contribution in [0.1, 0.15) is 27.2 Å². The summed E-state index contributed by atoms with van der Waals surface area (Å²) in [6, 6.07) is 0. The van der Waals surface area contributed by atoms with Crippen LogP contribution in [0.15, 0.2) is 5.16 Å². The molecule has 0 aliphatic carbocycles. The number of oxime groups is 1. The Kier molecular flexibility index (Phi) is 3.34. The lowest BCUT2D eigenvalue weighted by atomic mass is 9.97. The molecule has 1 saturated heterocycles. The first-order chi connectivity index (χ1) is 7.87. The quantitative estimate of drug-likeness (QED) is 0.690. The molecule has 2 aliphatic rings. The Morgan fingerprint density at radius 2 is 2.29 bits per heavy atom. The van der Waals surface area contributed by atoms with Gasteiger partial charge < -0.3 is 14.5 Å². The van der Waals surface area contributed by atoms with Crippen LogP contribution >= 0.6 is 15.9 Å². The number of likely N-dealkylation sites (tertiary alicyclic amines) is 1. The minimum absolute atomic E-state index is 0.100. The summed E-state index contributed by atoms with van der Waals surface area (Å²) in [6.45, 7) is 6.87. The maximum absolute atomic E-state index is 11.9. The highest BCUT2D eigenvalue weighted by Gasteiger charge is 2.40. The van der Waals surface area contributed by atoms with E-state index in [1.165, 1.54) is 0 Å². The summed E-state index contributed by atoms with van der Waals surface area (Å²) < 4.78 is 6.14. The highest BCUT2D eigenvalue weighted by Crippen LogP contribution is 2.29. The van der Waals surface area contributed by atoms with Gasteiger partial charge in [-0.15, -0.1) is 0 Å². The Hall–Kier alpha value is -0.780. The van der Waals surface area contributed by atoms with Crippen molar-refractivity contribution in [1.82, 2.24) is 4.90 Å². The van der Waals surface area contributed by atoms with E-state index in [1.54, 1.807) is 4.90 Å². The van der Waals surface area contributed by atoms with Crippen molar-refractivity contribution in [2.45, 2.75) is 38.9 Å². The van der Waals surface area contributed by atoms with E-state index >= 15 is 0 Å². The number of amides is 1. The molecule has 1 amide bonds. The number of carbonyl (C=O) groups is 1. The predicted octanol–water partition coefficient (Wildman–Crippen LogP) is 2.35. The summed E-state index contributed by atoms with van der Waals surface area (Å²) in [7, 11) is 0. The molecular weight excluding hydrogens is 288 g/mol. The second kappa shape index (κ2) is 4.48. The molecule has 0 N–H and O–H groups in total. The molecule has 96 valence electrons. The normalized spacial score (nSPS) is 28.2. The number of halogens is 1. The van der Waals surface area contributed by atoms with Crippen LogP contribution in [0.5, 0.6) is 0 Å². The van der Waals surface area contributed by atoms with Gasteiger partial charge in [0.2, 0.25) is 0 Å². The lowest BCUT2D eigenvalue weighted by Crippen LogP contribution is -2.47. The van der Waals surface area contributed by atoms with E-state index < -0.39 is 5.60 Å². The second-order valence-corrected chi connectivity index (χ2v) is 6.19. The van der Waals surface area contributed by atoms with Crippen molar-refractivity contribution in [3.8, 4) is 0 Å². The number of hydrogen-bond acceptors (Lipinski definition) is 4. The first-order valence-corrected chi connectivity index (χ1v) is 6.53. The minimum atomic E-state index is -0.453. The largest absolute Gasteiger partial charge is 0.444 e. The molecule has 2 rings (SSSR count). The van der Waals surface area contributed by atoms with Gasteiger partial charge in [0.15, 0.2) is 0 Å². The van der Waals surface area contributed by atoms with E-state index in [9.17, 15) is 4.79 Å². The Morgan fingerprint density at radius 1 is 1.59 bits per heavy atom. The van der Waals surface area contributed by atoms with Gasteiger partial charge in [0, 0.05) is 19.5 Å². The number of piperidine rings is 1. The Morgan fingerprint density at radius 3 is 2.94 bits per heavy atom. The maximum atomic E-state index is 11.9. The van der Waals surface area contributed by atoms with Crippen LogP contribution in [-0.2, 0) is 9.57 Å². The molecular formula is C11H17BrN2O3. The Bertz CT molecular complexity index is 351. The van der Waals surface area contributed by atoms with Crippen molar-refractivity contribution < 1.29 is 14.4 Å². The SMILES string of the molecule is CC(C)(C)OC(=O)N1CC[C@@H]2ON=C(Br)[C@@H]2C1. The van der Waals surface area contributed by atoms with Gasteiger partial charge in [0.1, 0.15) is 16.3 Å². The average Bonchev–Trinajstić information content (AvgIpc) is 2.57. The first-order valence-electron chi connectivity index (χ1n) is 5.74. The fourth-order valence-corrected chi connectivity index (χ4v) is 2.49. The van der Waals surface area contributed by atoms with E-state index in [2.05, 4.69) is 21.1 Å². The van der Waals surface area contributed by atoms with Crippen LogP contribution in [0.2, 0.25) is 0 Å². The number of rotatable bonds is 0. The van der Waals surface area contributed by atoms with Crippen LogP contribution in [0, 0.1) is 5.92 Å². The van der Waals surface area contributed by atoms with Crippen LogP contribution in [0.4, 0.5) is 4.79 Å². The van der Waals surface area contributed by atoms with Crippen molar-refractivity contribution in [3.05, 3.63) is 0 Å². The highest BCUT2D eigenvalue weighted by molar-refractivity contribution is 9.18. The third kappa shape index (κ3) is 2.91. The molecule has 0 radical (unpaired) electrons. The van der Waals surface area contributed by atoms with Crippen LogP contribution in [0.3, 0.4) is 0 Å². The monoisotopic (exact) mass is 304 g/mol. The maximum Gasteiger partial charge on any atom is 0.410 e. The topological polar surface area (TPSA) is 51.1 Å². The molecule has 5 nitrogen and oxygen atoms in total. The second-order valence-electron chi connectivity index (χ2n) is 5.38. The average molecular weight is 305 g/mol. The van der Waals surface area contributed by atoms with E-state index in [1.807, 2.05) is 20.8 Å². The summed E-state index contributed by atoms with van der Waals surface area (Å²) >= 11 is 3.36. The van der Waals surface area contributed by atoms with Gasteiger partial charge >= 0.3 is 6.09 Å². The molecule has 0 aromatic heterocycles. The van der Waals surface area contributed by atoms with Crippen molar-refractivity contribution in [1.29, 1.82) is 0 Å². The number of carbonyl (C=O) groups excluding carboxylic acids is 1. The van der Waals surface area contributed by atoms with E-state index in [0.717, 1.165) is 11.0 Å².